The van der Waals surface area contributed by atoms with E-state index < -0.39 is 5.59 Å². The maximum atomic E-state index is 5.97. The van der Waals surface area contributed by atoms with E-state index in [4.69, 9.17) is 17.0 Å². The Morgan fingerprint density at radius 2 is 1.80 bits per heavy atom. The molecule has 1 aromatic carbocycles. The average molecular weight is 530 g/mol. The van der Waals surface area contributed by atoms with Gasteiger partial charge in [0.1, 0.15) is 32.5 Å². The van der Waals surface area contributed by atoms with Crippen LogP contribution >= 0.6 is 59.1 Å². The molecule has 4 nitrogen and oxygen atoms in total. The number of hydrogen-bond donors (Lipinski definition) is 0. The molecule has 0 N–H and O–H groups in total. The second kappa shape index (κ2) is 6.75. The first kappa shape index (κ1) is 16.1. The number of fused-ring (bicyclic) bond motifs is 2. The van der Waals surface area contributed by atoms with E-state index in [9.17, 15) is 0 Å². The second-order valence-electron chi connectivity index (χ2n) is 4.69. The Hall–Kier alpha value is 1.19. The molecule has 2 heterocycles. The van der Waals surface area contributed by atoms with Crippen LogP contribution in [0.4, 0.5) is 0 Å². The van der Waals surface area contributed by atoms with Crippen molar-refractivity contribution < 1.29 is 9.47 Å². The number of rotatable bonds is 2. The van der Waals surface area contributed by atoms with Crippen LogP contribution in [0.5, 0.6) is 11.5 Å². The summed E-state index contributed by atoms with van der Waals surface area (Å²) in [6.45, 7) is 2.92. The highest BCUT2D eigenvalue weighted by molar-refractivity contribution is 14.2. The lowest BCUT2D eigenvalue weighted by molar-refractivity contribution is 0.161. The summed E-state index contributed by atoms with van der Waals surface area (Å²) in [7, 11) is 8.76. The van der Waals surface area contributed by atoms with Gasteiger partial charge in [0, 0.05) is 24.2 Å². The molecule has 0 fully saturated rings. The number of benzene rings is 1. The number of nitrogens with zero attached hydrogens (tertiary/aromatic N) is 2. The van der Waals surface area contributed by atoms with Gasteiger partial charge in [-0.25, -0.2) is 4.67 Å². The summed E-state index contributed by atoms with van der Waals surface area (Å²) >= 11 is 4.63. The minimum Gasteiger partial charge on any atom is -0.479 e. The van der Waals surface area contributed by atoms with Crippen LogP contribution in [0, 0.1) is 0 Å². The third-order valence-electron chi connectivity index (χ3n) is 3.34. The maximum absolute atomic E-state index is 5.97. The fourth-order valence-corrected chi connectivity index (χ4v) is 4.08. The minimum atomic E-state index is -0.645. The van der Waals surface area contributed by atoms with Crippen molar-refractivity contribution in [2.45, 2.75) is 13.1 Å². The molecular formula is C10H12B2I2N2O2P2. The molecule has 10 heteroatoms. The lowest BCUT2D eigenvalue weighted by Crippen LogP contribution is -2.37. The van der Waals surface area contributed by atoms with Crippen molar-refractivity contribution in [3.05, 3.63) is 23.3 Å². The van der Waals surface area contributed by atoms with Gasteiger partial charge in [-0.2, -0.15) is 0 Å². The van der Waals surface area contributed by atoms with Crippen LogP contribution in [-0.2, 0) is 13.1 Å². The standard InChI is InChI=1S/C10H12B2I2N2O2P2/c11-20(14)16-4-8-2-9-7(1-10(8)18-6-16)3-15(5-17-9)12(13)19/h1-2H,3-6,19H2. The molecular weight excluding hydrogens is 518 g/mol. The van der Waals surface area contributed by atoms with E-state index in [2.05, 4.69) is 75.1 Å². The molecule has 2 aliphatic heterocycles. The fraction of sp³-hybridized carbons (Fsp3) is 0.400. The molecule has 0 bridgehead atoms. The van der Waals surface area contributed by atoms with Gasteiger partial charge >= 0.3 is 4.42 Å². The van der Waals surface area contributed by atoms with Gasteiger partial charge in [0.05, 0.1) is 0 Å². The zero-order valence-electron chi connectivity index (χ0n) is 10.6. The van der Waals surface area contributed by atoms with Crippen LogP contribution in [0.1, 0.15) is 11.1 Å². The van der Waals surface area contributed by atoms with Gasteiger partial charge in [0.15, 0.2) is 0 Å². The molecule has 2 atom stereocenters. The van der Waals surface area contributed by atoms with E-state index in [0.717, 1.165) is 30.2 Å². The first-order valence-corrected chi connectivity index (χ1v) is 12.1. The van der Waals surface area contributed by atoms with E-state index in [1.165, 1.54) is 5.56 Å². The van der Waals surface area contributed by atoms with Gasteiger partial charge in [-0.15, -0.1) is 31.5 Å². The van der Waals surface area contributed by atoms with Crippen molar-refractivity contribution in [1.82, 2.24) is 9.48 Å². The monoisotopic (exact) mass is 530 g/mol. The van der Waals surface area contributed by atoms with Gasteiger partial charge in [0.2, 0.25) is 0 Å². The Balaban J connectivity index is 1.85. The molecule has 1 aromatic rings. The molecule has 0 amide bonds. The van der Waals surface area contributed by atoms with Gasteiger partial charge < -0.3 is 9.47 Å². The third kappa shape index (κ3) is 3.40. The average Bonchev–Trinajstić information content (AvgIpc) is 2.43. The Morgan fingerprint density at radius 1 is 1.20 bits per heavy atom. The highest BCUT2D eigenvalue weighted by Crippen LogP contribution is 2.47. The zero-order valence-corrected chi connectivity index (χ0v) is 17.0. The molecule has 104 valence electrons. The molecule has 0 spiro atoms. The lowest BCUT2D eigenvalue weighted by atomic mass is 10.1. The molecule has 0 saturated carbocycles. The minimum absolute atomic E-state index is 0.369. The van der Waals surface area contributed by atoms with E-state index in [-0.39, 0.29) is 0 Å². The zero-order chi connectivity index (χ0) is 14.3. The number of ether oxygens (including phenoxy) is 2. The van der Waals surface area contributed by atoms with Crippen LogP contribution in [0.3, 0.4) is 0 Å². The predicted molar refractivity (Wildman–Crippen MR) is 105 cm³/mol. The van der Waals surface area contributed by atoms with Crippen molar-refractivity contribution in [3.8, 4) is 11.5 Å². The summed E-state index contributed by atoms with van der Waals surface area (Å²) in [5.41, 5.74) is 1.71. The lowest BCUT2D eigenvalue weighted by Gasteiger charge is -2.34. The topological polar surface area (TPSA) is 24.9 Å². The molecule has 2 radical (unpaired) electrons. The first-order chi connectivity index (χ1) is 9.54. The Kier molecular flexibility index (Phi) is 5.42. The normalized spacial score (nSPS) is 20.4. The summed E-state index contributed by atoms with van der Waals surface area (Å²) < 4.78 is 14.2. The molecule has 0 saturated heterocycles. The third-order valence-corrected chi connectivity index (χ3v) is 7.18. The van der Waals surface area contributed by atoms with Crippen molar-refractivity contribution in [2.75, 3.05) is 13.5 Å². The Bertz CT molecular complexity index is 479. The van der Waals surface area contributed by atoms with Gasteiger partial charge in [-0.05, 0) is 39.8 Å². The van der Waals surface area contributed by atoms with E-state index in [1.54, 1.807) is 0 Å². The van der Waals surface area contributed by atoms with E-state index >= 15 is 0 Å². The predicted octanol–water partition coefficient (Wildman–Crippen LogP) is 3.12. The van der Waals surface area contributed by atoms with Crippen LogP contribution in [0.25, 0.3) is 0 Å². The fourth-order valence-electron chi connectivity index (χ4n) is 2.24. The SMILES string of the molecule is [B]P(I)N1COc2cc3c(cc2C1)OCN(B(P)I)C3. The summed E-state index contributed by atoms with van der Waals surface area (Å²) in [6.07, 6.45) is 0. The van der Waals surface area contributed by atoms with Gasteiger partial charge in [-0.3, -0.25) is 4.81 Å². The summed E-state index contributed by atoms with van der Waals surface area (Å²) in [5.74, 6) is 1.94. The smallest absolute Gasteiger partial charge is 0.322 e. The van der Waals surface area contributed by atoms with Crippen molar-refractivity contribution in [1.29, 1.82) is 0 Å². The van der Waals surface area contributed by atoms with Crippen LogP contribution < -0.4 is 9.47 Å². The summed E-state index contributed by atoms with van der Waals surface area (Å²) in [4.78, 5) is 2.25. The highest BCUT2D eigenvalue weighted by Gasteiger charge is 2.27. The highest BCUT2D eigenvalue weighted by atomic mass is 127. The van der Waals surface area contributed by atoms with Crippen LogP contribution in [0.15, 0.2) is 12.1 Å². The van der Waals surface area contributed by atoms with E-state index in [1.807, 2.05) is 0 Å². The summed E-state index contributed by atoms with van der Waals surface area (Å²) in [6, 6.07) is 4.22. The van der Waals surface area contributed by atoms with Crippen molar-refractivity contribution in [3.63, 3.8) is 0 Å². The molecule has 3 rings (SSSR count). The van der Waals surface area contributed by atoms with Gasteiger partial charge in [0.25, 0.3) is 0 Å². The number of halogens is 2. The van der Waals surface area contributed by atoms with Crippen molar-refractivity contribution >= 4 is 71.1 Å². The van der Waals surface area contributed by atoms with Gasteiger partial charge in [-0.1, -0.05) is 0 Å². The first-order valence-electron chi connectivity index (χ1n) is 6.05. The molecule has 0 aliphatic carbocycles. The molecule has 20 heavy (non-hydrogen) atoms. The maximum Gasteiger partial charge on any atom is 0.322 e. The molecule has 0 aromatic heterocycles. The largest absolute Gasteiger partial charge is 0.479 e. The van der Waals surface area contributed by atoms with Crippen LogP contribution in [0.2, 0.25) is 0 Å². The second-order valence-corrected chi connectivity index (χ2v) is 12.1. The Labute approximate surface area is 150 Å². The van der Waals surface area contributed by atoms with Crippen LogP contribution in [-0.4, -0.2) is 34.9 Å². The molecule has 2 unspecified atom stereocenters. The summed E-state index contributed by atoms with van der Waals surface area (Å²) in [5, 5.41) is 0. The quantitative estimate of drug-likeness (QED) is 0.334. The van der Waals surface area contributed by atoms with Crippen molar-refractivity contribution in [2.24, 2.45) is 0 Å². The molecule has 2 aliphatic rings. The Morgan fingerprint density at radius 3 is 2.40 bits per heavy atom. The van der Waals surface area contributed by atoms with E-state index in [0.29, 0.717) is 17.9 Å². The number of hydrogen-bond acceptors (Lipinski definition) is 4.